The summed E-state index contributed by atoms with van der Waals surface area (Å²) in [5.74, 6) is -0.0621. The van der Waals surface area contributed by atoms with Crippen LogP contribution in [0, 0.1) is 5.82 Å². The maximum absolute atomic E-state index is 14.3. The number of thiocarbonyl (C=S) groups is 1. The number of anilines is 1. The number of nitrogens with zero attached hydrogens (tertiary/aromatic N) is 2. The number of halogens is 1. The number of aromatic nitrogens is 1. The van der Waals surface area contributed by atoms with Gasteiger partial charge in [-0.05, 0) is 24.6 Å². The molecule has 35 heavy (non-hydrogen) atoms. The zero-order valence-electron chi connectivity index (χ0n) is 19.6. The molecule has 0 bridgehead atoms. The number of ether oxygens (including phenoxy) is 3. The first-order chi connectivity index (χ1) is 17.0. The second-order valence-corrected chi connectivity index (χ2v) is 8.67. The summed E-state index contributed by atoms with van der Waals surface area (Å²) in [7, 11) is 0. The molecule has 1 amide bonds. The van der Waals surface area contributed by atoms with Gasteiger partial charge in [-0.15, -0.1) is 0 Å². The van der Waals surface area contributed by atoms with Crippen molar-refractivity contribution in [2.24, 2.45) is 5.73 Å². The highest BCUT2D eigenvalue weighted by Gasteiger charge is 2.31. The molecule has 1 fully saturated rings. The van der Waals surface area contributed by atoms with E-state index in [1.165, 1.54) is 6.07 Å². The summed E-state index contributed by atoms with van der Waals surface area (Å²) in [4.78, 5) is 19.1. The van der Waals surface area contributed by atoms with Crippen LogP contribution in [0.1, 0.15) is 24.5 Å². The number of nitrogens with one attached hydrogen (secondary N) is 1. The maximum Gasteiger partial charge on any atom is 0.263 e. The average molecular weight is 501 g/mol. The van der Waals surface area contributed by atoms with Crippen molar-refractivity contribution in [1.82, 2.24) is 10.3 Å². The van der Waals surface area contributed by atoms with Crippen molar-refractivity contribution < 1.29 is 23.4 Å². The van der Waals surface area contributed by atoms with Gasteiger partial charge >= 0.3 is 0 Å². The number of hydrogen-bond acceptors (Lipinski definition) is 7. The van der Waals surface area contributed by atoms with Gasteiger partial charge in [0.1, 0.15) is 29.3 Å². The molecule has 0 spiro atoms. The van der Waals surface area contributed by atoms with Crippen LogP contribution in [0.4, 0.5) is 10.1 Å². The molecule has 0 aliphatic carbocycles. The van der Waals surface area contributed by atoms with Gasteiger partial charge < -0.3 is 30.2 Å². The molecule has 8 nitrogen and oxygen atoms in total. The molecule has 3 heterocycles. The van der Waals surface area contributed by atoms with Crippen molar-refractivity contribution in [1.29, 1.82) is 0 Å². The molecule has 186 valence electrons. The van der Waals surface area contributed by atoms with Crippen LogP contribution in [0.25, 0.3) is 0 Å². The largest absolute Gasteiger partial charge is 0.489 e. The van der Waals surface area contributed by atoms with Crippen LogP contribution in [-0.2, 0) is 27.2 Å². The highest BCUT2D eigenvalue weighted by Crippen LogP contribution is 2.29. The van der Waals surface area contributed by atoms with Crippen molar-refractivity contribution in [3.63, 3.8) is 0 Å². The normalized spacial score (nSPS) is 18.5. The smallest absolute Gasteiger partial charge is 0.263 e. The van der Waals surface area contributed by atoms with Crippen molar-refractivity contribution in [3.05, 3.63) is 64.9 Å². The second-order valence-electron chi connectivity index (χ2n) is 8.23. The first-order valence-corrected chi connectivity index (χ1v) is 12.0. The van der Waals surface area contributed by atoms with E-state index in [1.807, 2.05) is 13.0 Å². The Bertz CT molecular complexity index is 1120. The lowest BCUT2D eigenvalue weighted by atomic mass is 10.0. The minimum Gasteiger partial charge on any atom is -0.489 e. The highest BCUT2D eigenvalue weighted by atomic mass is 32.1. The highest BCUT2D eigenvalue weighted by molar-refractivity contribution is 7.80. The lowest BCUT2D eigenvalue weighted by Crippen LogP contribution is -2.43. The first kappa shape index (κ1) is 25.0. The van der Waals surface area contributed by atoms with E-state index in [0.29, 0.717) is 75.1 Å². The molecule has 2 aliphatic rings. The Morgan fingerprint density at radius 2 is 2.23 bits per heavy atom. The fraction of sp³-hybridized carbons (Fsp3) is 0.400. The van der Waals surface area contributed by atoms with Crippen molar-refractivity contribution in [2.45, 2.75) is 32.4 Å². The number of carbonyl (C=O) groups is 1. The van der Waals surface area contributed by atoms with Gasteiger partial charge in [0.2, 0.25) is 0 Å². The van der Waals surface area contributed by atoms with E-state index < -0.39 is 0 Å². The van der Waals surface area contributed by atoms with Gasteiger partial charge in [0.15, 0.2) is 0 Å². The molecule has 1 aromatic carbocycles. The Morgan fingerprint density at radius 3 is 2.97 bits per heavy atom. The lowest BCUT2D eigenvalue weighted by Gasteiger charge is -2.32. The number of benzene rings is 1. The van der Waals surface area contributed by atoms with Crippen LogP contribution in [0.5, 0.6) is 5.75 Å². The molecule has 0 radical (unpaired) electrons. The number of amides is 1. The van der Waals surface area contributed by atoms with E-state index in [0.717, 1.165) is 5.56 Å². The number of rotatable bonds is 9. The summed E-state index contributed by atoms with van der Waals surface area (Å²) >= 11 is 5.23. The van der Waals surface area contributed by atoms with Crippen molar-refractivity contribution in [2.75, 3.05) is 37.9 Å². The average Bonchev–Trinajstić information content (AvgIpc) is 2.87. The summed E-state index contributed by atoms with van der Waals surface area (Å²) < 4.78 is 31.3. The predicted molar refractivity (Wildman–Crippen MR) is 134 cm³/mol. The van der Waals surface area contributed by atoms with E-state index >= 15 is 0 Å². The second kappa shape index (κ2) is 11.6. The molecule has 2 aliphatic heterocycles. The first-order valence-electron chi connectivity index (χ1n) is 11.6. The van der Waals surface area contributed by atoms with Gasteiger partial charge in [-0.1, -0.05) is 25.2 Å². The number of pyridine rings is 1. The summed E-state index contributed by atoms with van der Waals surface area (Å²) in [5, 5.41) is 3.32. The minimum atomic E-state index is -0.341. The van der Waals surface area contributed by atoms with Crippen LogP contribution in [-0.4, -0.2) is 55.0 Å². The Hall–Kier alpha value is -3.08. The van der Waals surface area contributed by atoms with Crippen LogP contribution in [0.3, 0.4) is 0 Å². The minimum absolute atomic E-state index is 0.00250. The maximum atomic E-state index is 14.3. The monoisotopic (exact) mass is 500 g/mol. The van der Waals surface area contributed by atoms with Gasteiger partial charge in [-0.3, -0.25) is 9.78 Å². The third kappa shape index (κ3) is 5.77. The topological polar surface area (TPSA) is 98.9 Å². The summed E-state index contributed by atoms with van der Waals surface area (Å²) in [6.45, 7) is 4.59. The molecule has 3 N–H and O–H groups in total. The Labute approximate surface area is 209 Å². The quantitative estimate of drug-likeness (QED) is 0.507. The van der Waals surface area contributed by atoms with Crippen LogP contribution in [0.2, 0.25) is 0 Å². The zero-order valence-corrected chi connectivity index (χ0v) is 20.4. The van der Waals surface area contributed by atoms with E-state index in [9.17, 15) is 9.18 Å². The molecule has 2 aromatic rings. The molecule has 4 rings (SSSR count). The fourth-order valence-electron chi connectivity index (χ4n) is 4.23. The predicted octanol–water partition coefficient (Wildman–Crippen LogP) is 2.64. The van der Waals surface area contributed by atoms with Gasteiger partial charge in [0, 0.05) is 42.5 Å². The Kier molecular flexibility index (Phi) is 8.27. The summed E-state index contributed by atoms with van der Waals surface area (Å²) in [5.41, 5.74) is 8.76. The van der Waals surface area contributed by atoms with Crippen molar-refractivity contribution in [3.8, 4) is 5.75 Å². The molecule has 1 aromatic heterocycles. The Morgan fingerprint density at radius 1 is 1.37 bits per heavy atom. The molecule has 1 unspecified atom stereocenters. The van der Waals surface area contributed by atoms with Crippen molar-refractivity contribution >= 4 is 28.8 Å². The molecule has 0 saturated carbocycles. The van der Waals surface area contributed by atoms with E-state index in [2.05, 4.69) is 10.3 Å². The standard InChI is InChI=1S/C25H29FN4O4S/c1-2-18-19(26)4-3-5-21(18)30-9-7-20(23(24(27)35)25(30)31)29-12-16-6-8-28-13-22(16)34-15-17-14-32-10-11-33-17/h3-6,8,13,17,29H,2,7,9-12,14-15H2,1H3,(H2,27,35). The molecule has 1 saturated heterocycles. The summed E-state index contributed by atoms with van der Waals surface area (Å²) in [6.07, 6.45) is 4.15. The molecule has 1 atom stereocenters. The van der Waals surface area contributed by atoms with Crippen LogP contribution >= 0.6 is 12.2 Å². The molecular formula is C25H29FN4O4S. The fourth-order valence-corrected chi connectivity index (χ4v) is 4.44. The van der Waals surface area contributed by atoms with E-state index in [-0.39, 0.29) is 28.4 Å². The lowest BCUT2D eigenvalue weighted by molar-refractivity contribution is -0.115. The van der Waals surface area contributed by atoms with Gasteiger partial charge in [0.05, 0.1) is 37.3 Å². The number of hydrogen-bond donors (Lipinski definition) is 2. The van der Waals surface area contributed by atoms with E-state index in [4.69, 9.17) is 32.2 Å². The van der Waals surface area contributed by atoms with Gasteiger partial charge in [-0.2, -0.15) is 0 Å². The molecule has 10 heteroatoms. The van der Waals surface area contributed by atoms with Crippen LogP contribution < -0.4 is 20.7 Å². The van der Waals surface area contributed by atoms with Crippen LogP contribution in [0.15, 0.2) is 47.9 Å². The molecular weight excluding hydrogens is 471 g/mol. The van der Waals surface area contributed by atoms with Gasteiger partial charge in [0.25, 0.3) is 5.91 Å². The third-order valence-corrected chi connectivity index (χ3v) is 6.21. The SMILES string of the molecule is CCc1c(F)cccc1N1CCC(NCc2ccncc2OCC2COCCO2)=C(C(N)=S)C1=O. The van der Waals surface area contributed by atoms with E-state index in [1.54, 1.807) is 29.4 Å². The number of carbonyl (C=O) groups excluding carboxylic acids is 1. The third-order valence-electron chi connectivity index (χ3n) is 6.00. The number of nitrogens with two attached hydrogens (primary N) is 1. The zero-order chi connectivity index (χ0) is 24.8. The summed E-state index contributed by atoms with van der Waals surface area (Å²) in [6, 6.07) is 6.59. The Balaban J connectivity index is 1.50. The van der Waals surface area contributed by atoms with Gasteiger partial charge in [-0.25, -0.2) is 4.39 Å².